The topological polar surface area (TPSA) is 72.5 Å². The molecule has 0 amide bonds. The van der Waals surface area contributed by atoms with E-state index in [-0.39, 0.29) is 22.7 Å². The molecule has 0 fully saturated rings. The van der Waals surface area contributed by atoms with Gasteiger partial charge in [-0.2, -0.15) is 9.78 Å². The molecule has 1 aliphatic heterocycles. The van der Waals surface area contributed by atoms with Crippen molar-refractivity contribution < 1.29 is 9.84 Å². The number of benzene rings is 2. The fraction of sp³-hybridized carbons (Fsp3) is 0.118. The average Bonchev–Trinajstić information content (AvgIpc) is 3.05. The minimum atomic E-state index is 0. The molecule has 2 aromatic carbocycles. The van der Waals surface area contributed by atoms with Crippen LogP contribution in [-0.4, -0.2) is 38.6 Å². The van der Waals surface area contributed by atoms with Crippen molar-refractivity contribution in [3.63, 3.8) is 0 Å². The van der Waals surface area contributed by atoms with Gasteiger partial charge >= 0.3 is 0 Å². The van der Waals surface area contributed by atoms with Crippen molar-refractivity contribution in [1.82, 2.24) is 14.9 Å². The lowest BCUT2D eigenvalue weighted by molar-refractivity contribution is 0.416. The summed E-state index contributed by atoms with van der Waals surface area (Å²) in [5, 5.41) is 23.4. The molecule has 0 atom stereocenters. The number of phenolic OH excluding ortho intramolecular Hbond substituents is 1. The smallest absolute Gasteiger partial charge is 0.212 e. The first-order chi connectivity index (χ1) is 11.8. The SMILES string of the molecule is Br.COc1ccccc1-c1nnc2n1N=C(c1ccc(O)cc1)CS2. The second-order valence-corrected chi connectivity index (χ2v) is 6.14. The number of methoxy groups -OCH3 is 1. The number of fused-ring (bicyclic) bond motifs is 1. The summed E-state index contributed by atoms with van der Waals surface area (Å²) in [7, 11) is 1.63. The molecule has 0 saturated heterocycles. The number of aromatic hydroxyl groups is 1. The summed E-state index contributed by atoms with van der Waals surface area (Å²) in [5.41, 5.74) is 2.71. The standard InChI is InChI=1S/C17H14N4O2S.BrH/c1-23-15-5-3-2-4-13(15)16-18-19-17-21(16)20-14(10-24-17)11-6-8-12(22)9-7-11;/h2-9,22H,10H2,1H3;1H. The van der Waals surface area contributed by atoms with Crippen LogP contribution in [0.2, 0.25) is 0 Å². The van der Waals surface area contributed by atoms with Crippen LogP contribution in [0.5, 0.6) is 11.5 Å². The Morgan fingerprint density at radius 1 is 1.08 bits per heavy atom. The molecular weight excluding hydrogens is 404 g/mol. The molecule has 3 aromatic rings. The van der Waals surface area contributed by atoms with Crippen LogP contribution in [0.1, 0.15) is 5.56 Å². The van der Waals surface area contributed by atoms with Crippen LogP contribution in [0.3, 0.4) is 0 Å². The van der Waals surface area contributed by atoms with Crippen LogP contribution in [0, 0.1) is 0 Å². The molecule has 6 nitrogen and oxygen atoms in total. The molecule has 128 valence electrons. The Hall–Kier alpha value is -2.32. The van der Waals surface area contributed by atoms with Gasteiger partial charge in [-0.3, -0.25) is 0 Å². The first-order valence-electron chi connectivity index (χ1n) is 7.35. The zero-order valence-corrected chi connectivity index (χ0v) is 15.8. The fourth-order valence-electron chi connectivity index (χ4n) is 2.52. The molecule has 1 N–H and O–H groups in total. The lowest BCUT2D eigenvalue weighted by Crippen LogP contribution is -2.13. The van der Waals surface area contributed by atoms with Crippen LogP contribution in [-0.2, 0) is 0 Å². The van der Waals surface area contributed by atoms with Gasteiger partial charge in [-0.1, -0.05) is 23.9 Å². The number of nitrogens with zero attached hydrogens (tertiary/aromatic N) is 4. The zero-order valence-electron chi connectivity index (χ0n) is 13.3. The maximum absolute atomic E-state index is 9.45. The quantitative estimate of drug-likeness (QED) is 0.703. The largest absolute Gasteiger partial charge is 0.508 e. The summed E-state index contributed by atoms with van der Waals surface area (Å²) in [6.07, 6.45) is 0. The highest BCUT2D eigenvalue weighted by Gasteiger charge is 2.22. The van der Waals surface area contributed by atoms with E-state index in [4.69, 9.17) is 9.84 Å². The van der Waals surface area contributed by atoms with Crippen molar-refractivity contribution >= 4 is 34.5 Å². The lowest BCUT2D eigenvalue weighted by atomic mass is 10.1. The fourth-order valence-corrected chi connectivity index (χ4v) is 3.36. The van der Waals surface area contributed by atoms with Gasteiger partial charge in [0.2, 0.25) is 5.16 Å². The number of ether oxygens (including phenoxy) is 1. The number of phenols is 1. The van der Waals surface area contributed by atoms with Gasteiger partial charge in [0.15, 0.2) is 5.82 Å². The van der Waals surface area contributed by atoms with Crippen molar-refractivity contribution in [2.24, 2.45) is 5.10 Å². The van der Waals surface area contributed by atoms with Gasteiger partial charge in [0, 0.05) is 5.75 Å². The van der Waals surface area contributed by atoms with Crippen LogP contribution < -0.4 is 4.74 Å². The molecule has 0 radical (unpaired) electrons. The molecule has 0 bridgehead atoms. The third-order valence-corrected chi connectivity index (χ3v) is 4.65. The highest BCUT2D eigenvalue weighted by atomic mass is 79.9. The molecule has 0 spiro atoms. The number of hydrogen-bond donors (Lipinski definition) is 1. The van der Waals surface area contributed by atoms with E-state index in [0.717, 1.165) is 27.7 Å². The Kier molecular flexibility index (Phi) is 5.10. The van der Waals surface area contributed by atoms with E-state index in [0.29, 0.717) is 11.6 Å². The molecule has 8 heteroatoms. The minimum absolute atomic E-state index is 0. The number of thioether (sulfide) groups is 1. The molecule has 0 aliphatic carbocycles. The summed E-state index contributed by atoms with van der Waals surface area (Å²) in [6.45, 7) is 0. The molecule has 1 aliphatic rings. The highest BCUT2D eigenvalue weighted by molar-refractivity contribution is 8.93. The Morgan fingerprint density at radius 2 is 1.84 bits per heavy atom. The van der Waals surface area contributed by atoms with Crippen molar-refractivity contribution in [3.8, 4) is 22.9 Å². The predicted octanol–water partition coefficient (Wildman–Crippen LogP) is 3.60. The second-order valence-electron chi connectivity index (χ2n) is 5.20. The van der Waals surface area contributed by atoms with Gasteiger partial charge in [0.25, 0.3) is 0 Å². The Balaban J connectivity index is 0.00000182. The molecule has 25 heavy (non-hydrogen) atoms. The minimum Gasteiger partial charge on any atom is -0.508 e. The first-order valence-corrected chi connectivity index (χ1v) is 8.33. The summed E-state index contributed by atoms with van der Waals surface area (Å²) < 4.78 is 7.16. The molecule has 0 saturated carbocycles. The van der Waals surface area contributed by atoms with Gasteiger partial charge < -0.3 is 9.84 Å². The average molecular weight is 419 g/mol. The molecule has 4 rings (SSSR count). The number of hydrogen-bond acceptors (Lipinski definition) is 6. The van der Waals surface area contributed by atoms with E-state index in [2.05, 4.69) is 10.2 Å². The van der Waals surface area contributed by atoms with Crippen molar-refractivity contribution in [1.29, 1.82) is 0 Å². The van der Waals surface area contributed by atoms with Crippen LogP contribution in [0.15, 0.2) is 58.8 Å². The van der Waals surface area contributed by atoms with Crippen molar-refractivity contribution in [2.45, 2.75) is 5.16 Å². The highest BCUT2D eigenvalue weighted by Crippen LogP contribution is 2.33. The van der Waals surface area contributed by atoms with Crippen molar-refractivity contribution in [2.75, 3.05) is 12.9 Å². The molecular formula is C17H15BrN4O2S. The van der Waals surface area contributed by atoms with Crippen LogP contribution in [0.25, 0.3) is 11.4 Å². The molecule has 2 heterocycles. The maximum Gasteiger partial charge on any atom is 0.212 e. The van der Waals surface area contributed by atoms with Gasteiger partial charge in [0.1, 0.15) is 11.5 Å². The number of para-hydroxylation sites is 1. The van der Waals surface area contributed by atoms with Gasteiger partial charge in [0.05, 0.1) is 18.4 Å². The van der Waals surface area contributed by atoms with E-state index in [1.165, 1.54) is 0 Å². The van der Waals surface area contributed by atoms with E-state index in [9.17, 15) is 5.11 Å². The third kappa shape index (κ3) is 3.27. The monoisotopic (exact) mass is 418 g/mol. The molecule has 1 aromatic heterocycles. The summed E-state index contributed by atoms with van der Waals surface area (Å²) in [5.74, 6) is 2.31. The van der Waals surface area contributed by atoms with Gasteiger partial charge in [-0.15, -0.1) is 27.2 Å². The summed E-state index contributed by atoms with van der Waals surface area (Å²) in [4.78, 5) is 0. The normalized spacial score (nSPS) is 12.8. The van der Waals surface area contributed by atoms with E-state index >= 15 is 0 Å². The maximum atomic E-state index is 9.45. The number of halogens is 1. The number of rotatable bonds is 3. The second kappa shape index (κ2) is 7.28. The van der Waals surface area contributed by atoms with E-state index in [1.807, 2.05) is 36.4 Å². The van der Waals surface area contributed by atoms with Gasteiger partial charge in [-0.05, 0) is 42.0 Å². The van der Waals surface area contributed by atoms with E-state index in [1.54, 1.807) is 35.7 Å². The molecule has 0 unspecified atom stereocenters. The first kappa shape index (κ1) is 17.5. The van der Waals surface area contributed by atoms with Crippen molar-refractivity contribution in [3.05, 3.63) is 54.1 Å². The van der Waals surface area contributed by atoms with Crippen LogP contribution in [0.4, 0.5) is 0 Å². The Bertz CT molecular complexity index is 925. The number of aromatic nitrogens is 3. The summed E-state index contributed by atoms with van der Waals surface area (Å²) >= 11 is 1.58. The predicted molar refractivity (Wildman–Crippen MR) is 103 cm³/mol. The Morgan fingerprint density at radius 3 is 2.60 bits per heavy atom. The third-order valence-electron chi connectivity index (χ3n) is 3.72. The zero-order chi connectivity index (χ0) is 16.5. The Labute approximate surface area is 159 Å². The summed E-state index contributed by atoms with van der Waals surface area (Å²) in [6, 6.07) is 14.7. The van der Waals surface area contributed by atoms with E-state index < -0.39 is 0 Å². The van der Waals surface area contributed by atoms with Crippen LogP contribution >= 0.6 is 28.7 Å². The lowest BCUT2D eigenvalue weighted by Gasteiger charge is -2.14. The van der Waals surface area contributed by atoms with Gasteiger partial charge in [-0.25, -0.2) is 0 Å².